The lowest BCUT2D eigenvalue weighted by Gasteiger charge is -2.34. The number of hydrogen-bond acceptors (Lipinski definition) is 6. The first-order chi connectivity index (χ1) is 12.2. The van der Waals surface area contributed by atoms with Crippen molar-refractivity contribution in [3.8, 4) is 17.6 Å². The molecule has 1 aliphatic rings. The maximum Gasteiger partial charge on any atom is 0.146 e. The van der Waals surface area contributed by atoms with Crippen molar-refractivity contribution in [2.45, 2.75) is 18.9 Å². The summed E-state index contributed by atoms with van der Waals surface area (Å²) in [5.41, 5.74) is 1.62. The minimum Gasteiger partial charge on any atom is -0.497 e. The third kappa shape index (κ3) is 3.94. The number of rotatable bonds is 5. The van der Waals surface area contributed by atoms with Crippen LogP contribution in [0.25, 0.3) is 0 Å². The molecule has 0 bridgehead atoms. The molecule has 0 unspecified atom stereocenters. The molecule has 0 radical (unpaired) electrons. The maximum absolute atomic E-state index is 9.24. The Morgan fingerprint density at radius 1 is 1.16 bits per heavy atom. The Balaban J connectivity index is 1.64. The summed E-state index contributed by atoms with van der Waals surface area (Å²) in [4.78, 5) is 6.56. The molecule has 0 aliphatic carbocycles. The van der Waals surface area contributed by atoms with Gasteiger partial charge in [-0.05, 0) is 25.0 Å². The van der Waals surface area contributed by atoms with Crippen LogP contribution in [0.3, 0.4) is 0 Å². The Morgan fingerprint density at radius 3 is 2.44 bits per heavy atom. The predicted octanol–water partition coefficient (Wildman–Crippen LogP) is 3.05. The highest BCUT2D eigenvalue weighted by Gasteiger charge is 2.22. The monoisotopic (exact) mass is 338 g/mol. The van der Waals surface area contributed by atoms with E-state index in [1.54, 1.807) is 26.5 Å². The van der Waals surface area contributed by atoms with Crippen molar-refractivity contribution in [3.05, 3.63) is 42.1 Å². The third-order valence-corrected chi connectivity index (χ3v) is 4.42. The minimum atomic E-state index is 0.363. The first-order valence-electron chi connectivity index (χ1n) is 8.33. The molecule has 1 saturated heterocycles. The van der Waals surface area contributed by atoms with Crippen LogP contribution in [0.2, 0.25) is 0 Å². The number of nitriles is 1. The number of benzene rings is 1. The van der Waals surface area contributed by atoms with Gasteiger partial charge in [0, 0.05) is 49.2 Å². The average Bonchev–Trinajstić information content (AvgIpc) is 2.68. The summed E-state index contributed by atoms with van der Waals surface area (Å²) in [5, 5.41) is 12.8. The van der Waals surface area contributed by atoms with E-state index in [9.17, 15) is 5.26 Å². The zero-order valence-electron chi connectivity index (χ0n) is 14.5. The number of methoxy groups -OCH3 is 2. The summed E-state index contributed by atoms with van der Waals surface area (Å²) in [6.07, 6.45) is 3.69. The van der Waals surface area contributed by atoms with Crippen LogP contribution in [0.5, 0.6) is 11.5 Å². The van der Waals surface area contributed by atoms with Gasteiger partial charge in [-0.1, -0.05) is 0 Å². The first kappa shape index (κ1) is 16.9. The normalized spacial score (nSPS) is 14.7. The smallest absolute Gasteiger partial charge is 0.146 e. The zero-order valence-corrected chi connectivity index (χ0v) is 14.5. The summed E-state index contributed by atoms with van der Waals surface area (Å²) in [7, 11) is 3.30. The first-order valence-corrected chi connectivity index (χ1v) is 8.33. The quantitative estimate of drug-likeness (QED) is 0.903. The number of piperidine rings is 1. The topological polar surface area (TPSA) is 70.4 Å². The fourth-order valence-corrected chi connectivity index (χ4v) is 3.10. The van der Waals surface area contributed by atoms with Gasteiger partial charge in [0.1, 0.15) is 23.4 Å². The summed E-state index contributed by atoms with van der Waals surface area (Å²) in [6.45, 7) is 1.73. The molecule has 3 rings (SSSR count). The minimum absolute atomic E-state index is 0.363. The van der Waals surface area contributed by atoms with E-state index >= 15 is 0 Å². The highest BCUT2D eigenvalue weighted by molar-refractivity contribution is 5.56. The molecule has 6 heteroatoms. The van der Waals surface area contributed by atoms with Crippen LogP contribution in [0.15, 0.2) is 36.5 Å². The van der Waals surface area contributed by atoms with E-state index in [0.717, 1.165) is 48.9 Å². The molecule has 2 heterocycles. The van der Waals surface area contributed by atoms with Crippen LogP contribution in [0, 0.1) is 11.3 Å². The fourth-order valence-electron chi connectivity index (χ4n) is 3.10. The second kappa shape index (κ2) is 7.75. The van der Waals surface area contributed by atoms with Crippen molar-refractivity contribution >= 4 is 11.5 Å². The van der Waals surface area contributed by atoms with E-state index in [1.165, 1.54) is 0 Å². The van der Waals surface area contributed by atoms with Gasteiger partial charge >= 0.3 is 0 Å². The van der Waals surface area contributed by atoms with E-state index < -0.39 is 0 Å². The zero-order chi connectivity index (χ0) is 17.6. The van der Waals surface area contributed by atoms with Crippen molar-refractivity contribution in [1.82, 2.24) is 4.98 Å². The molecule has 1 N–H and O–H groups in total. The van der Waals surface area contributed by atoms with Gasteiger partial charge in [0.05, 0.1) is 19.8 Å². The largest absolute Gasteiger partial charge is 0.497 e. The van der Waals surface area contributed by atoms with Gasteiger partial charge in [0.15, 0.2) is 0 Å². The molecule has 25 heavy (non-hydrogen) atoms. The Labute approximate surface area is 148 Å². The number of ether oxygens (including phenoxy) is 2. The molecule has 0 amide bonds. The van der Waals surface area contributed by atoms with Crippen LogP contribution in [0.4, 0.5) is 11.5 Å². The SMILES string of the molecule is COc1cc(NC2CCN(c3ncccc3C#N)CC2)cc(OC)c1. The molecule has 2 aromatic rings. The molecule has 0 spiro atoms. The Hall–Kier alpha value is -2.94. The number of pyridine rings is 1. The van der Waals surface area contributed by atoms with E-state index in [-0.39, 0.29) is 0 Å². The average molecular weight is 338 g/mol. The molecule has 1 aromatic heterocycles. The Kier molecular flexibility index (Phi) is 5.24. The molecule has 6 nitrogen and oxygen atoms in total. The Bertz CT molecular complexity index is 742. The number of hydrogen-bond donors (Lipinski definition) is 1. The van der Waals surface area contributed by atoms with E-state index in [4.69, 9.17) is 9.47 Å². The lowest BCUT2D eigenvalue weighted by Crippen LogP contribution is -2.39. The number of nitrogens with zero attached hydrogens (tertiary/aromatic N) is 3. The highest BCUT2D eigenvalue weighted by Crippen LogP contribution is 2.28. The third-order valence-electron chi connectivity index (χ3n) is 4.42. The van der Waals surface area contributed by atoms with Crippen LogP contribution >= 0.6 is 0 Å². The standard InChI is InChI=1S/C19H22N4O2/c1-24-17-10-16(11-18(12-17)25-2)22-15-5-8-23(9-6-15)19-14(13-20)4-3-7-21-19/h3-4,7,10-12,15,22H,5-6,8-9H2,1-2H3. The van der Waals surface area contributed by atoms with Crippen LogP contribution in [-0.4, -0.2) is 38.3 Å². The fraction of sp³-hybridized carbons (Fsp3) is 0.368. The van der Waals surface area contributed by atoms with Gasteiger partial charge in [-0.15, -0.1) is 0 Å². The summed E-state index contributed by atoms with van der Waals surface area (Å²) >= 11 is 0. The van der Waals surface area contributed by atoms with Crippen molar-refractivity contribution < 1.29 is 9.47 Å². The summed E-state index contributed by atoms with van der Waals surface area (Å²) in [6, 6.07) is 12.0. The van der Waals surface area contributed by atoms with E-state index in [2.05, 4.69) is 21.3 Å². The van der Waals surface area contributed by atoms with Gasteiger partial charge in [0.25, 0.3) is 0 Å². The van der Waals surface area contributed by atoms with E-state index in [0.29, 0.717) is 11.6 Å². The van der Waals surface area contributed by atoms with E-state index in [1.807, 2.05) is 24.3 Å². The predicted molar refractivity (Wildman–Crippen MR) is 97.4 cm³/mol. The van der Waals surface area contributed by atoms with Gasteiger partial charge in [-0.3, -0.25) is 0 Å². The van der Waals surface area contributed by atoms with Crippen molar-refractivity contribution in [3.63, 3.8) is 0 Å². The molecular formula is C19H22N4O2. The molecule has 1 aliphatic heterocycles. The molecule has 0 atom stereocenters. The van der Waals surface area contributed by atoms with Crippen LogP contribution < -0.4 is 19.7 Å². The highest BCUT2D eigenvalue weighted by atomic mass is 16.5. The Morgan fingerprint density at radius 2 is 1.84 bits per heavy atom. The molecular weight excluding hydrogens is 316 g/mol. The van der Waals surface area contributed by atoms with Gasteiger partial charge in [-0.2, -0.15) is 5.26 Å². The molecule has 1 aromatic carbocycles. The van der Waals surface area contributed by atoms with Crippen LogP contribution in [-0.2, 0) is 0 Å². The van der Waals surface area contributed by atoms with Crippen LogP contribution in [0.1, 0.15) is 18.4 Å². The van der Waals surface area contributed by atoms with Crippen molar-refractivity contribution in [2.24, 2.45) is 0 Å². The van der Waals surface area contributed by atoms with Crippen molar-refractivity contribution in [2.75, 3.05) is 37.5 Å². The lowest BCUT2D eigenvalue weighted by atomic mass is 10.0. The molecule has 130 valence electrons. The van der Waals surface area contributed by atoms with Crippen molar-refractivity contribution in [1.29, 1.82) is 5.26 Å². The van der Waals surface area contributed by atoms with Gasteiger partial charge in [-0.25, -0.2) is 4.98 Å². The summed E-state index contributed by atoms with van der Waals surface area (Å²) in [5.74, 6) is 2.32. The van der Waals surface area contributed by atoms with Gasteiger partial charge < -0.3 is 19.7 Å². The second-order valence-electron chi connectivity index (χ2n) is 5.99. The summed E-state index contributed by atoms with van der Waals surface area (Å²) < 4.78 is 10.6. The second-order valence-corrected chi connectivity index (χ2v) is 5.99. The number of aromatic nitrogens is 1. The lowest BCUT2D eigenvalue weighted by molar-refractivity contribution is 0.394. The number of anilines is 2. The molecule has 1 fully saturated rings. The number of nitrogens with one attached hydrogen (secondary N) is 1. The van der Waals surface area contributed by atoms with Gasteiger partial charge in [0.2, 0.25) is 0 Å². The molecule has 0 saturated carbocycles. The maximum atomic E-state index is 9.24.